The van der Waals surface area contributed by atoms with Crippen LogP contribution < -0.4 is 11.5 Å². The maximum atomic E-state index is 9.66. The predicted molar refractivity (Wildman–Crippen MR) is 85.5 cm³/mol. The van der Waals surface area contributed by atoms with Crippen LogP contribution in [-0.4, -0.2) is 16.8 Å². The lowest BCUT2D eigenvalue weighted by Gasteiger charge is -2.17. The monoisotopic (exact) mass is 546 g/mol. The highest BCUT2D eigenvalue weighted by molar-refractivity contribution is 14.1. The SMILES string of the molecule is Nc1c(I)c(N)c(I)c(C(O)CO)c1I. The van der Waals surface area contributed by atoms with Crippen molar-refractivity contribution in [3.05, 3.63) is 16.3 Å². The summed E-state index contributed by atoms with van der Waals surface area (Å²) in [5, 5.41) is 18.6. The molecule has 0 amide bonds. The van der Waals surface area contributed by atoms with Gasteiger partial charge in [-0.2, -0.15) is 0 Å². The highest BCUT2D eigenvalue weighted by Crippen LogP contribution is 2.37. The molecule has 6 N–H and O–H groups in total. The van der Waals surface area contributed by atoms with Crippen LogP contribution in [0.15, 0.2) is 0 Å². The Kier molecular flexibility index (Phi) is 5.14. The Labute approximate surface area is 128 Å². The summed E-state index contributed by atoms with van der Waals surface area (Å²) in [6.07, 6.45) is -0.939. The Morgan fingerprint density at radius 1 is 1.00 bits per heavy atom. The van der Waals surface area contributed by atoms with Crippen molar-refractivity contribution in [2.24, 2.45) is 0 Å². The van der Waals surface area contributed by atoms with E-state index in [2.05, 4.69) is 67.8 Å². The third-order valence-electron chi connectivity index (χ3n) is 1.92. The van der Waals surface area contributed by atoms with Crippen molar-refractivity contribution in [3.63, 3.8) is 0 Å². The lowest BCUT2D eigenvalue weighted by molar-refractivity contribution is 0.0945. The zero-order chi connectivity index (χ0) is 11.7. The van der Waals surface area contributed by atoms with Gasteiger partial charge in [0.2, 0.25) is 0 Å². The van der Waals surface area contributed by atoms with E-state index in [9.17, 15) is 5.11 Å². The van der Waals surface area contributed by atoms with Gasteiger partial charge in [-0.05, 0) is 67.8 Å². The summed E-state index contributed by atoms with van der Waals surface area (Å²) in [6.45, 7) is -0.342. The van der Waals surface area contributed by atoms with Crippen LogP contribution in [0.1, 0.15) is 11.7 Å². The second kappa shape index (κ2) is 5.51. The molecular formula is C8H9I3N2O2. The Morgan fingerprint density at radius 2 is 1.40 bits per heavy atom. The smallest absolute Gasteiger partial charge is 0.104 e. The van der Waals surface area contributed by atoms with Gasteiger partial charge in [0.05, 0.1) is 21.6 Å². The maximum absolute atomic E-state index is 9.66. The molecule has 1 atom stereocenters. The van der Waals surface area contributed by atoms with Crippen molar-refractivity contribution >= 4 is 79.1 Å². The van der Waals surface area contributed by atoms with E-state index in [4.69, 9.17) is 16.6 Å². The topological polar surface area (TPSA) is 92.5 Å². The number of nitrogen functional groups attached to an aromatic ring is 2. The average Bonchev–Trinajstić information content (AvgIpc) is 2.23. The van der Waals surface area contributed by atoms with Crippen LogP contribution in [0.25, 0.3) is 0 Å². The molecular weight excluding hydrogens is 537 g/mol. The van der Waals surface area contributed by atoms with Crippen molar-refractivity contribution in [1.29, 1.82) is 0 Å². The van der Waals surface area contributed by atoms with Crippen LogP contribution in [0.4, 0.5) is 11.4 Å². The quantitative estimate of drug-likeness (QED) is 0.336. The number of nitrogens with two attached hydrogens (primary N) is 2. The zero-order valence-electron chi connectivity index (χ0n) is 7.47. The Bertz CT molecular complexity index is 369. The first-order valence-corrected chi connectivity index (χ1v) is 7.15. The summed E-state index contributed by atoms with van der Waals surface area (Å²) in [5.74, 6) is 0. The van der Waals surface area contributed by atoms with Crippen molar-refractivity contribution in [2.45, 2.75) is 6.10 Å². The minimum absolute atomic E-state index is 0.342. The van der Waals surface area contributed by atoms with Crippen molar-refractivity contribution in [3.8, 4) is 0 Å². The van der Waals surface area contributed by atoms with E-state index >= 15 is 0 Å². The molecule has 0 aromatic heterocycles. The fourth-order valence-corrected chi connectivity index (χ4v) is 4.99. The van der Waals surface area contributed by atoms with Crippen LogP contribution >= 0.6 is 67.8 Å². The first-order chi connectivity index (χ1) is 6.91. The molecule has 0 aliphatic rings. The standard InChI is InChI=1S/C8H9I3N2O2/c9-4-3(2(15)1-14)5(10)8(13)6(11)7(4)12/h2,14-15H,1,12-13H2. The van der Waals surface area contributed by atoms with E-state index in [1.807, 2.05) is 0 Å². The first kappa shape index (κ1) is 14.0. The Hall–Kier alpha value is 0.930. The van der Waals surface area contributed by atoms with Crippen LogP contribution in [0.2, 0.25) is 0 Å². The van der Waals surface area contributed by atoms with E-state index in [1.54, 1.807) is 0 Å². The van der Waals surface area contributed by atoms with Gasteiger partial charge in [0, 0.05) is 12.7 Å². The third-order valence-corrected chi connectivity index (χ3v) is 5.41. The lowest BCUT2D eigenvalue weighted by atomic mass is 10.1. The largest absolute Gasteiger partial charge is 0.397 e. The molecule has 7 heteroatoms. The molecule has 0 heterocycles. The van der Waals surface area contributed by atoms with Gasteiger partial charge in [0.15, 0.2) is 0 Å². The fourth-order valence-electron chi connectivity index (χ4n) is 1.11. The summed E-state index contributed by atoms with van der Waals surface area (Å²) < 4.78 is 2.28. The van der Waals surface area contributed by atoms with Gasteiger partial charge >= 0.3 is 0 Å². The van der Waals surface area contributed by atoms with Gasteiger partial charge in [-0.3, -0.25) is 0 Å². The van der Waals surface area contributed by atoms with Gasteiger partial charge in [-0.25, -0.2) is 0 Å². The third kappa shape index (κ3) is 2.61. The Morgan fingerprint density at radius 3 is 1.73 bits per heavy atom. The Balaban J connectivity index is 3.52. The van der Waals surface area contributed by atoms with E-state index in [-0.39, 0.29) is 6.61 Å². The first-order valence-electron chi connectivity index (χ1n) is 3.92. The van der Waals surface area contributed by atoms with Gasteiger partial charge < -0.3 is 21.7 Å². The second-order valence-corrected chi connectivity index (χ2v) is 6.12. The van der Waals surface area contributed by atoms with Crippen molar-refractivity contribution in [2.75, 3.05) is 18.1 Å². The highest BCUT2D eigenvalue weighted by Gasteiger charge is 2.21. The number of aliphatic hydroxyl groups is 2. The second-order valence-electron chi connectivity index (χ2n) is 2.88. The normalized spacial score (nSPS) is 12.9. The predicted octanol–water partition coefficient (Wildman–Crippen LogP) is 1.69. The molecule has 4 nitrogen and oxygen atoms in total. The molecule has 15 heavy (non-hydrogen) atoms. The molecule has 0 saturated carbocycles. The van der Waals surface area contributed by atoms with Crippen LogP contribution in [0, 0.1) is 10.7 Å². The summed E-state index contributed by atoms with van der Waals surface area (Å²) in [6, 6.07) is 0. The van der Waals surface area contributed by atoms with E-state index < -0.39 is 6.10 Å². The minimum atomic E-state index is -0.939. The molecule has 0 aliphatic heterocycles. The molecule has 1 rings (SSSR count). The summed E-state index contributed by atoms with van der Waals surface area (Å²) in [5.41, 5.74) is 13.4. The van der Waals surface area contributed by atoms with Crippen molar-refractivity contribution in [1.82, 2.24) is 0 Å². The number of anilines is 2. The number of hydrogen-bond acceptors (Lipinski definition) is 4. The van der Waals surface area contributed by atoms with Crippen molar-refractivity contribution < 1.29 is 10.2 Å². The molecule has 1 aromatic rings. The number of rotatable bonds is 2. The van der Waals surface area contributed by atoms with E-state index in [1.165, 1.54) is 0 Å². The van der Waals surface area contributed by atoms with Gasteiger partial charge in [0.25, 0.3) is 0 Å². The van der Waals surface area contributed by atoms with E-state index in [0.717, 1.165) is 10.7 Å². The van der Waals surface area contributed by atoms with Crippen LogP contribution in [0.5, 0.6) is 0 Å². The number of benzene rings is 1. The molecule has 0 fully saturated rings. The summed E-state index contributed by atoms with van der Waals surface area (Å²) in [4.78, 5) is 0. The average molecular weight is 546 g/mol. The highest BCUT2D eigenvalue weighted by atomic mass is 127. The van der Waals surface area contributed by atoms with E-state index in [0.29, 0.717) is 16.9 Å². The van der Waals surface area contributed by atoms with Crippen LogP contribution in [0.3, 0.4) is 0 Å². The molecule has 0 spiro atoms. The van der Waals surface area contributed by atoms with Gasteiger partial charge in [0.1, 0.15) is 6.10 Å². The molecule has 1 aromatic carbocycles. The van der Waals surface area contributed by atoms with Crippen LogP contribution in [-0.2, 0) is 0 Å². The summed E-state index contributed by atoms with van der Waals surface area (Å²) >= 11 is 6.17. The number of hydrogen-bond donors (Lipinski definition) is 4. The lowest BCUT2D eigenvalue weighted by Crippen LogP contribution is -2.12. The molecule has 0 bridgehead atoms. The molecule has 0 radical (unpaired) electrons. The molecule has 0 aliphatic carbocycles. The zero-order valence-corrected chi connectivity index (χ0v) is 13.9. The maximum Gasteiger partial charge on any atom is 0.104 e. The minimum Gasteiger partial charge on any atom is -0.397 e. The number of aliphatic hydroxyl groups excluding tert-OH is 2. The molecule has 0 saturated heterocycles. The molecule has 84 valence electrons. The summed E-state index contributed by atoms with van der Waals surface area (Å²) in [7, 11) is 0. The number of halogens is 3. The molecule has 1 unspecified atom stereocenters. The fraction of sp³-hybridized carbons (Fsp3) is 0.250. The van der Waals surface area contributed by atoms with Gasteiger partial charge in [-0.15, -0.1) is 0 Å². The van der Waals surface area contributed by atoms with Gasteiger partial charge in [-0.1, -0.05) is 0 Å².